The van der Waals surface area contributed by atoms with Gasteiger partial charge in [0, 0.05) is 22.5 Å². The van der Waals surface area contributed by atoms with E-state index in [0.29, 0.717) is 12.1 Å². The molecule has 5 nitrogen and oxygen atoms in total. The highest BCUT2D eigenvalue weighted by Gasteiger charge is 2.15. The van der Waals surface area contributed by atoms with Gasteiger partial charge in [-0.3, -0.25) is 4.98 Å². The molecule has 2 amide bonds. The van der Waals surface area contributed by atoms with E-state index in [4.69, 9.17) is 0 Å². The molecule has 6 heteroatoms. The van der Waals surface area contributed by atoms with E-state index in [1.165, 1.54) is 11.3 Å². The van der Waals surface area contributed by atoms with E-state index in [2.05, 4.69) is 15.6 Å². The third-order valence-electron chi connectivity index (χ3n) is 3.71. The van der Waals surface area contributed by atoms with E-state index in [1.54, 1.807) is 6.20 Å². The van der Waals surface area contributed by atoms with Crippen molar-refractivity contribution < 1.29 is 9.90 Å². The molecule has 3 aromatic rings. The molecule has 0 aliphatic carbocycles. The summed E-state index contributed by atoms with van der Waals surface area (Å²) in [5.41, 5.74) is 1.41. The fraction of sp³-hybridized carbons (Fsp3) is 0.222. The molecule has 0 saturated carbocycles. The summed E-state index contributed by atoms with van der Waals surface area (Å²) in [5.74, 6) is 0. The lowest BCUT2D eigenvalue weighted by Crippen LogP contribution is -2.37. The van der Waals surface area contributed by atoms with Gasteiger partial charge in [-0.25, -0.2) is 4.79 Å². The summed E-state index contributed by atoms with van der Waals surface area (Å²) in [4.78, 5) is 17.4. The number of nitrogens with zero attached hydrogens (tertiary/aromatic N) is 1. The van der Waals surface area contributed by atoms with Crippen molar-refractivity contribution in [1.29, 1.82) is 0 Å². The van der Waals surface area contributed by atoms with Crippen molar-refractivity contribution in [2.75, 3.05) is 5.32 Å². The van der Waals surface area contributed by atoms with E-state index in [1.807, 2.05) is 54.8 Å². The van der Waals surface area contributed by atoms with Crippen LogP contribution < -0.4 is 10.6 Å². The molecule has 1 aromatic carbocycles. The highest BCUT2D eigenvalue weighted by atomic mass is 32.1. The Labute approximate surface area is 144 Å². The second-order valence-corrected chi connectivity index (χ2v) is 6.63. The first-order valence-corrected chi connectivity index (χ1v) is 8.64. The van der Waals surface area contributed by atoms with Crippen LogP contribution in [0, 0.1) is 0 Å². The topological polar surface area (TPSA) is 74.2 Å². The Morgan fingerprint density at radius 3 is 2.88 bits per heavy atom. The van der Waals surface area contributed by atoms with Crippen LogP contribution in [0.3, 0.4) is 0 Å². The average Bonchev–Trinajstić information content (AvgIpc) is 3.09. The van der Waals surface area contributed by atoms with Crippen molar-refractivity contribution in [2.45, 2.75) is 25.5 Å². The van der Waals surface area contributed by atoms with Crippen molar-refractivity contribution in [2.24, 2.45) is 0 Å². The van der Waals surface area contributed by atoms with Crippen molar-refractivity contribution in [1.82, 2.24) is 10.3 Å². The first-order valence-electron chi connectivity index (χ1n) is 7.76. The number of anilines is 1. The van der Waals surface area contributed by atoms with Gasteiger partial charge in [0.05, 0.1) is 17.3 Å². The quantitative estimate of drug-likeness (QED) is 0.658. The van der Waals surface area contributed by atoms with Gasteiger partial charge in [0.2, 0.25) is 0 Å². The Morgan fingerprint density at radius 2 is 2.08 bits per heavy atom. The lowest BCUT2D eigenvalue weighted by molar-refractivity contribution is 0.158. The minimum absolute atomic E-state index is 0.162. The van der Waals surface area contributed by atoms with Gasteiger partial charge >= 0.3 is 6.03 Å². The molecule has 0 unspecified atom stereocenters. The lowest BCUT2D eigenvalue weighted by Gasteiger charge is -2.18. The smallest absolute Gasteiger partial charge is 0.319 e. The number of benzene rings is 1. The van der Waals surface area contributed by atoms with Gasteiger partial charge in [0.15, 0.2) is 0 Å². The number of urea groups is 1. The van der Waals surface area contributed by atoms with Gasteiger partial charge in [0.1, 0.15) is 0 Å². The monoisotopic (exact) mass is 341 g/mol. The van der Waals surface area contributed by atoms with Gasteiger partial charge < -0.3 is 15.7 Å². The predicted molar refractivity (Wildman–Crippen MR) is 97.3 cm³/mol. The minimum atomic E-state index is -0.570. The number of pyridine rings is 1. The standard InChI is InChI=1S/C18H19N3O2S/c1-12(11-15(22)16-8-4-10-24-16)20-18(23)21-14-7-2-5-13-6-3-9-19-17(13)14/h2-10,12,15,22H,11H2,1H3,(H2,20,21,23)/t12-,15-/m0/s1. The maximum Gasteiger partial charge on any atom is 0.319 e. The zero-order chi connectivity index (χ0) is 16.9. The number of carbonyl (C=O) groups excluding carboxylic acids is 1. The third-order valence-corrected chi connectivity index (χ3v) is 4.68. The molecule has 3 N–H and O–H groups in total. The Bertz CT molecular complexity index is 815. The molecule has 0 radical (unpaired) electrons. The summed E-state index contributed by atoms with van der Waals surface area (Å²) in [6.45, 7) is 1.87. The second-order valence-electron chi connectivity index (χ2n) is 5.65. The van der Waals surface area contributed by atoms with Crippen LogP contribution in [-0.2, 0) is 0 Å². The van der Waals surface area contributed by atoms with E-state index < -0.39 is 6.10 Å². The summed E-state index contributed by atoms with van der Waals surface area (Å²) < 4.78 is 0. The van der Waals surface area contributed by atoms with E-state index in [-0.39, 0.29) is 12.1 Å². The molecule has 0 bridgehead atoms. The number of hydrogen-bond donors (Lipinski definition) is 3. The van der Waals surface area contributed by atoms with Gasteiger partial charge in [-0.05, 0) is 36.9 Å². The second kappa shape index (κ2) is 7.42. The van der Waals surface area contributed by atoms with Crippen LogP contribution in [0.4, 0.5) is 10.5 Å². The van der Waals surface area contributed by atoms with Crippen LogP contribution in [0.5, 0.6) is 0 Å². The number of aliphatic hydroxyl groups is 1. The van der Waals surface area contributed by atoms with Gasteiger partial charge in [-0.1, -0.05) is 24.3 Å². The summed E-state index contributed by atoms with van der Waals surface area (Å²) in [6, 6.07) is 12.8. The predicted octanol–water partition coefficient (Wildman–Crippen LogP) is 3.93. The molecule has 124 valence electrons. The van der Waals surface area contributed by atoms with Crippen molar-refractivity contribution in [3.63, 3.8) is 0 Å². The number of thiophene rings is 1. The average molecular weight is 341 g/mol. The summed E-state index contributed by atoms with van der Waals surface area (Å²) in [5, 5.41) is 18.7. The largest absolute Gasteiger partial charge is 0.387 e. The van der Waals surface area contributed by atoms with Crippen LogP contribution in [0.2, 0.25) is 0 Å². The van der Waals surface area contributed by atoms with Gasteiger partial charge in [-0.15, -0.1) is 11.3 Å². The SMILES string of the molecule is C[C@@H](C[C@H](O)c1cccs1)NC(=O)Nc1cccc2cccnc12. The third kappa shape index (κ3) is 3.90. The summed E-state index contributed by atoms with van der Waals surface area (Å²) >= 11 is 1.51. The van der Waals surface area contributed by atoms with Crippen LogP contribution in [-0.4, -0.2) is 22.2 Å². The normalized spacial score (nSPS) is 13.4. The fourth-order valence-corrected chi connectivity index (χ4v) is 3.30. The highest BCUT2D eigenvalue weighted by Crippen LogP contribution is 2.23. The highest BCUT2D eigenvalue weighted by molar-refractivity contribution is 7.10. The number of rotatable bonds is 5. The zero-order valence-electron chi connectivity index (χ0n) is 13.3. The van der Waals surface area contributed by atoms with Crippen molar-refractivity contribution in [3.8, 4) is 0 Å². The van der Waals surface area contributed by atoms with Crippen molar-refractivity contribution >= 4 is 34.0 Å². The molecule has 0 aliphatic heterocycles. The molecule has 24 heavy (non-hydrogen) atoms. The number of hydrogen-bond acceptors (Lipinski definition) is 4. The molecule has 2 atom stereocenters. The minimum Gasteiger partial charge on any atom is -0.387 e. The van der Waals surface area contributed by atoms with Gasteiger partial charge in [-0.2, -0.15) is 0 Å². The Hall–Kier alpha value is -2.44. The number of nitrogens with one attached hydrogen (secondary N) is 2. The number of carbonyl (C=O) groups is 1. The maximum absolute atomic E-state index is 12.2. The van der Waals surface area contributed by atoms with E-state index in [9.17, 15) is 9.90 Å². The molecule has 3 rings (SSSR count). The first kappa shape index (κ1) is 16.4. The summed E-state index contributed by atoms with van der Waals surface area (Å²) in [7, 11) is 0. The molecule has 2 aromatic heterocycles. The van der Waals surface area contributed by atoms with Crippen LogP contribution in [0.25, 0.3) is 10.9 Å². The molecule has 0 saturated heterocycles. The van der Waals surface area contributed by atoms with Crippen molar-refractivity contribution in [3.05, 3.63) is 58.9 Å². The molecular weight excluding hydrogens is 322 g/mol. The van der Waals surface area contributed by atoms with E-state index in [0.717, 1.165) is 15.8 Å². The van der Waals surface area contributed by atoms with Crippen LogP contribution >= 0.6 is 11.3 Å². The van der Waals surface area contributed by atoms with Gasteiger partial charge in [0.25, 0.3) is 0 Å². The number of fused-ring (bicyclic) bond motifs is 1. The molecule has 0 fully saturated rings. The first-order chi connectivity index (χ1) is 11.6. The van der Waals surface area contributed by atoms with E-state index >= 15 is 0 Å². The fourth-order valence-electron chi connectivity index (χ4n) is 2.58. The summed E-state index contributed by atoms with van der Waals surface area (Å²) in [6.07, 6.45) is 1.59. The number of aromatic nitrogens is 1. The Balaban J connectivity index is 1.60. The maximum atomic E-state index is 12.2. The number of aliphatic hydroxyl groups excluding tert-OH is 1. The molecule has 0 aliphatic rings. The Morgan fingerprint density at radius 1 is 1.25 bits per heavy atom. The Kier molecular flexibility index (Phi) is 5.08. The number of para-hydroxylation sites is 1. The molecule has 0 spiro atoms. The zero-order valence-corrected chi connectivity index (χ0v) is 14.1. The lowest BCUT2D eigenvalue weighted by atomic mass is 10.1. The molecular formula is C18H19N3O2S. The van der Waals surface area contributed by atoms with Crippen LogP contribution in [0.15, 0.2) is 54.0 Å². The molecule has 2 heterocycles. The van der Waals surface area contributed by atoms with Crippen LogP contribution in [0.1, 0.15) is 24.3 Å². The number of amides is 2.